The Morgan fingerprint density at radius 3 is 3.05 bits per heavy atom. The quantitative estimate of drug-likeness (QED) is 0.794. The van der Waals surface area contributed by atoms with Crippen molar-refractivity contribution in [2.75, 3.05) is 26.2 Å². The van der Waals surface area contributed by atoms with Crippen molar-refractivity contribution >= 4 is 11.8 Å². The minimum Gasteiger partial charge on any atom is -0.365 e. The van der Waals surface area contributed by atoms with Crippen molar-refractivity contribution in [3.05, 3.63) is 18.5 Å². The smallest absolute Gasteiger partial charge is 0.248 e. The van der Waals surface area contributed by atoms with Crippen molar-refractivity contribution < 1.29 is 14.3 Å². The molecule has 1 unspecified atom stereocenters. The molecule has 1 fully saturated rings. The van der Waals surface area contributed by atoms with Crippen LogP contribution in [-0.2, 0) is 20.9 Å². The van der Waals surface area contributed by atoms with E-state index in [4.69, 9.17) is 4.74 Å². The van der Waals surface area contributed by atoms with E-state index < -0.39 is 0 Å². The SMILES string of the molecule is CC(C)CN1CC(CNC(=O)Cn2cccn2)OCC1=O. The van der Waals surface area contributed by atoms with Crippen LogP contribution in [0.1, 0.15) is 13.8 Å². The highest BCUT2D eigenvalue weighted by Gasteiger charge is 2.26. The van der Waals surface area contributed by atoms with Crippen LogP contribution in [0.5, 0.6) is 0 Å². The number of nitrogens with zero attached hydrogens (tertiary/aromatic N) is 3. The molecule has 1 aliphatic heterocycles. The summed E-state index contributed by atoms with van der Waals surface area (Å²) in [6.45, 7) is 6.08. The molecule has 1 aromatic rings. The fourth-order valence-electron chi connectivity index (χ4n) is 2.25. The molecule has 1 aromatic heterocycles. The summed E-state index contributed by atoms with van der Waals surface area (Å²) >= 11 is 0. The second-order valence-electron chi connectivity index (χ2n) is 5.63. The molecule has 0 saturated carbocycles. The van der Waals surface area contributed by atoms with Crippen LogP contribution < -0.4 is 5.32 Å². The van der Waals surface area contributed by atoms with Gasteiger partial charge in [-0.05, 0) is 12.0 Å². The van der Waals surface area contributed by atoms with Crippen molar-refractivity contribution in [1.82, 2.24) is 20.0 Å². The molecule has 1 saturated heterocycles. The summed E-state index contributed by atoms with van der Waals surface area (Å²) in [5.41, 5.74) is 0. The number of hydrogen-bond donors (Lipinski definition) is 1. The number of carbonyl (C=O) groups is 2. The van der Waals surface area contributed by atoms with E-state index in [1.807, 2.05) is 0 Å². The van der Waals surface area contributed by atoms with Gasteiger partial charge in [0.2, 0.25) is 11.8 Å². The number of amides is 2. The highest BCUT2D eigenvalue weighted by molar-refractivity contribution is 5.78. The summed E-state index contributed by atoms with van der Waals surface area (Å²) in [4.78, 5) is 25.3. The zero-order chi connectivity index (χ0) is 15.2. The zero-order valence-electron chi connectivity index (χ0n) is 12.5. The second kappa shape index (κ2) is 7.21. The largest absolute Gasteiger partial charge is 0.365 e. The van der Waals surface area contributed by atoms with Gasteiger partial charge in [-0.25, -0.2) is 0 Å². The fourth-order valence-corrected chi connectivity index (χ4v) is 2.25. The lowest BCUT2D eigenvalue weighted by atomic mass is 10.1. The van der Waals surface area contributed by atoms with Crippen LogP contribution in [0.15, 0.2) is 18.5 Å². The lowest BCUT2D eigenvalue weighted by Gasteiger charge is -2.33. The number of carbonyl (C=O) groups excluding carboxylic acids is 2. The maximum atomic E-state index is 11.8. The summed E-state index contributed by atoms with van der Waals surface area (Å²) in [5.74, 6) is 0.319. The first kappa shape index (κ1) is 15.5. The van der Waals surface area contributed by atoms with E-state index in [9.17, 15) is 9.59 Å². The molecule has 0 aromatic carbocycles. The maximum absolute atomic E-state index is 11.8. The predicted octanol–water partition coefficient (Wildman–Crippen LogP) is -0.117. The van der Waals surface area contributed by atoms with Crippen LogP contribution in [0.4, 0.5) is 0 Å². The van der Waals surface area contributed by atoms with Crippen molar-refractivity contribution in [2.24, 2.45) is 5.92 Å². The molecular weight excluding hydrogens is 272 g/mol. The van der Waals surface area contributed by atoms with Crippen molar-refractivity contribution in [3.8, 4) is 0 Å². The van der Waals surface area contributed by atoms with Gasteiger partial charge in [-0.3, -0.25) is 14.3 Å². The van der Waals surface area contributed by atoms with E-state index in [1.165, 1.54) is 0 Å². The normalized spacial score (nSPS) is 19.1. The summed E-state index contributed by atoms with van der Waals surface area (Å²) in [6.07, 6.45) is 3.22. The predicted molar refractivity (Wildman–Crippen MR) is 76.4 cm³/mol. The monoisotopic (exact) mass is 294 g/mol. The zero-order valence-corrected chi connectivity index (χ0v) is 12.5. The standard InChI is InChI=1S/C14H22N4O3/c1-11(2)7-17-8-12(21-10-14(17)20)6-15-13(19)9-18-5-3-4-16-18/h3-5,11-12H,6-10H2,1-2H3,(H,15,19). The van der Waals surface area contributed by atoms with Gasteiger partial charge in [0, 0.05) is 32.0 Å². The van der Waals surface area contributed by atoms with Crippen molar-refractivity contribution in [1.29, 1.82) is 0 Å². The molecule has 1 N–H and O–H groups in total. The molecule has 0 radical (unpaired) electrons. The molecule has 7 nitrogen and oxygen atoms in total. The van der Waals surface area contributed by atoms with E-state index in [2.05, 4.69) is 24.3 Å². The van der Waals surface area contributed by atoms with E-state index in [1.54, 1.807) is 28.0 Å². The van der Waals surface area contributed by atoms with Gasteiger partial charge >= 0.3 is 0 Å². The lowest BCUT2D eigenvalue weighted by Crippen LogP contribution is -2.51. The third-order valence-corrected chi connectivity index (χ3v) is 3.20. The molecule has 21 heavy (non-hydrogen) atoms. The van der Waals surface area contributed by atoms with Crippen LogP contribution in [0.3, 0.4) is 0 Å². The lowest BCUT2D eigenvalue weighted by molar-refractivity contribution is -0.149. The molecule has 0 spiro atoms. The number of morpholine rings is 1. The van der Waals surface area contributed by atoms with Gasteiger partial charge < -0.3 is 15.0 Å². The summed E-state index contributed by atoms with van der Waals surface area (Å²) in [5, 5.41) is 6.79. The third kappa shape index (κ3) is 4.86. The Balaban J connectivity index is 1.75. The molecule has 1 aliphatic rings. The Kier molecular flexibility index (Phi) is 5.32. The van der Waals surface area contributed by atoms with Gasteiger partial charge in [-0.2, -0.15) is 5.10 Å². The number of aromatic nitrogens is 2. The number of hydrogen-bond acceptors (Lipinski definition) is 4. The second-order valence-corrected chi connectivity index (χ2v) is 5.63. The Morgan fingerprint density at radius 1 is 1.57 bits per heavy atom. The molecule has 7 heteroatoms. The van der Waals surface area contributed by atoms with Gasteiger partial charge in [-0.15, -0.1) is 0 Å². The van der Waals surface area contributed by atoms with E-state index in [0.29, 0.717) is 19.0 Å². The average molecular weight is 294 g/mol. The molecule has 0 bridgehead atoms. The molecule has 0 aliphatic carbocycles. The highest BCUT2D eigenvalue weighted by atomic mass is 16.5. The molecular formula is C14H22N4O3. The van der Waals surface area contributed by atoms with Crippen molar-refractivity contribution in [3.63, 3.8) is 0 Å². The average Bonchev–Trinajstić information content (AvgIpc) is 2.92. The Labute approximate surface area is 124 Å². The number of rotatable bonds is 6. The topological polar surface area (TPSA) is 76.5 Å². The van der Waals surface area contributed by atoms with Crippen LogP contribution in [0.2, 0.25) is 0 Å². The minimum atomic E-state index is -0.150. The van der Waals surface area contributed by atoms with Gasteiger partial charge in [0.15, 0.2) is 0 Å². The molecule has 1 atom stereocenters. The first-order chi connectivity index (χ1) is 10.0. The van der Waals surface area contributed by atoms with Crippen molar-refractivity contribution in [2.45, 2.75) is 26.5 Å². The Hall–Kier alpha value is -1.89. The van der Waals surface area contributed by atoms with Crippen LogP contribution >= 0.6 is 0 Å². The van der Waals surface area contributed by atoms with Crippen LogP contribution in [0.25, 0.3) is 0 Å². The summed E-state index contributed by atoms with van der Waals surface area (Å²) in [6, 6.07) is 1.77. The Bertz CT molecular complexity index is 473. The summed E-state index contributed by atoms with van der Waals surface area (Å²) in [7, 11) is 0. The van der Waals surface area contributed by atoms with Gasteiger partial charge in [0.05, 0.1) is 6.10 Å². The minimum absolute atomic E-state index is 0.0165. The van der Waals surface area contributed by atoms with Gasteiger partial charge in [0.25, 0.3) is 0 Å². The Morgan fingerprint density at radius 2 is 2.38 bits per heavy atom. The number of ether oxygens (including phenoxy) is 1. The van der Waals surface area contributed by atoms with E-state index in [0.717, 1.165) is 6.54 Å². The van der Waals surface area contributed by atoms with E-state index >= 15 is 0 Å². The van der Waals surface area contributed by atoms with Gasteiger partial charge in [-0.1, -0.05) is 13.8 Å². The molecule has 116 valence electrons. The molecule has 2 rings (SSSR count). The fraction of sp³-hybridized carbons (Fsp3) is 0.643. The summed E-state index contributed by atoms with van der Waals surface area (Å²) < 4.78 is 7.02. The molecule has 2 heterocycles. The first-order valence-electron chi connectivity index (χ1n) is 7.18. The third-order valence-electron chi connectivity index (χ3n) is 3.20. The molecule has 2 amide bonds. The highest BCUT2D eigenvalue weighted by Crippen LogP contribution is 2.08. The number of nitrogens with one attached hydrogen (secondary N) is 1. The van der Waals surface area contributed by atoms with Gasteiger partial charge in [0.1, 0.15) is 13.2 Å². The first-order valence-corrected chi connectivity index (χ1v) is 7.18. The maximum Gasteiger partial charge on any atom is 0.248 e. The van der Waals surface area contributed by atoms with E-state index in [-0.39, 0.29) is 31.1 Å². The van der Waals surface area contributed by atoms with Crippen LogP contribution in [-0.4, -0.2) is 58.8 Å². The van der Waals surface area contributed by atoms with Crippen LogP contribution in [0, 0.1) is 5.92 Å².